The highest BCUT2D eigenvalue weighted by atomic mass is 19.1. The number of anilines is 2. The maximum absolute atomic E-state index is 13.6. The molecule has 0 atom stereocenters. The van der Waals surface area contributed by atoms with Crippen LogP contribution in [0, 0.1) is 5.82 Å². The quantitative estimate of drug-likeness (QED) is 0.471. The molecule has 0 unspecified atom stereocenters. The number of benzene rings is 2. The Labute approximate surface area is 150 Å². The third-order valence-electron chi connectivity index (χ3n) is 3.45. The van der Waals surface area contributed by atoms with E-state index in [0.717, 1.165) is 18.9 Å². The molecule has 0 radical (unpaired) electrons. The molecule has 0 heterocycles. The number of ether oxygens (including phenoxy) is 1. The molecule has 26 heavy (non-hydrogen) atoms. The van der Waals surface area contributed by atoms with Gasteiger partial charge in [0.15, 0.2) is 0 Å². The van der Waals surface area contributed by atoms with Crippen molar-refractivity contribution in [1.29, 1.82) is 0 Å². The van der Waals surface area contributed by atoms with Gasteiger partial charge in [-0.15, -0.1) is 0 Å². The molecule has 0 aromatic heterocycles. The van der Waals surface area contributed by atoms with Gasteiger partial charge in [0.1, 0.15) is 5.82 Å². The van der Waals surface area contributed by atoms with Crippen LogP contribution in [-0.2, 0) is 14.3 Å². The topological polar surface area (TPSA) is 84.5 Å². The van der Waals surface area contributed by atoms with Crippen LogP contribution in [0.2, 0.25) is 0 Å². The van der Waals surface area contributed by atoms with Gasteiger partial charge in [-0.3, -0.25) is 9.59 Å². The maximum atomic E-state index is 13.6. The third-order valence-corrected chi connectivity index (χ3v) is 3.45. The fourth-order valence-electron chi connectivity index (χ4n) is 2.08. The monoisotopic (exact) mass is 358 g/mol. The number of rotatable bonds is 6. The third kappa shape index (κ3) is 5.14. The molecule has 0 spiro atoms. The van der Waals surface area contributed by atoms with Crippen molar-refractivity contribution >= 4 is 29.2 Å². The van der Waals surface area contributed by atoms with Gasteiger partial charge in [0.2, 0.25) is 0 Å². The smallest absolute Gasteiger partial charge is 0.340 e. The van der Waals surface area contributed by atoms with Gasteiger partial charge >= 0.3 is 17.8 Å². The number of carbonyl (C=O) groups excluding carboxylic acids is 3. The van der Waals surface area contributed by atoms with E-state index in [1.807, 2.05) is 6.92 Å². The molecule has 0 aliphatic heterocycles. The van der Waals surface area contributed by atoms with Gasteiger partial charge in [-0.05, 0) is 30.7 Å². The molecule has 136 valence electrons. The van der Waals surface area contributed by atoms with Crippen LogP contribution in [0.1, 0.15) is 30.1 Å². The van der Waals surface area contributed by atoms with E-state index < -0.39 is 23.6 Å². The number of carbonyl (C=O) groups is 3. The van der Waals surface area contributed by atoms with Gasteiger partial charge in [0.05, 0.1) is 23.5 Å². The predicted octanol–water partition coefficient (Wildman–Crippen LogP) is 3.36. The summed E-state index contributed by atoms with van der Waals surface area (Å²) in [4.78, 5) is 36.1. The van der Waals surface area contributed by atoms with E-state index in [0.29, 0.717) is 0 Å². The summed E-state index contributed by atoms with van der Waals surface area (Å²) in [5.74, 6) is -3.33. The molecule has 0 aliphatic rings. The minimum atomic E-state index is -1.05. The van der Waals surface area contributed by atoms with Gasteiger partial charge in [-0.2, -0.15) is 0 Å². The van der Waals surface area contributed by atoms with E-state index in [9.17, 15) is 18.8 Å². The highest BCUT2D eigenvalue weighted by Gasteiger charge is 2.19. The summed E-state index contributed by atoms with van der Waals surface area (Å²) in [7, 11) is 0. The van der Waals surface area contributed by atoms with Crippen molar-refractivity contribution in [3.8, 4) is 0 Å². The molecular formula is C19H19FN2O4. The lowest BCUT2D eigenvalue weighted by molar-refractivity contribution is -0.133. The fourth-order valence-corrected chi connectivity index (χ4v) is 2.08. The lowest BCUT2D eigenvalue weighted by atomic mass is 10.1. The van der Waals surface area contributed by atoms with Crippen molar-refractivity contribution in [2.45, 2.75) is 19.8 Å². The number of halogens is 1. The van der Waals surface area contributed by atoms with Crippen LogP contribution in [0.4, 0.5) is 15.8 Å². The van der Waals surface area contributed by atoms with E-state index >= 15 is 0 Å². The molecule has 2 aromatic rings. The van der Waals surface area contributed by atoms with Crippen LogP contribution in [0.25, 0.3) is 0 Å². The molecule has 2 N–H and O–H groups in total. The number of esters is 1. The van der Waals surface area contributed by atoms with Crippen LogP contribution < -0.4 is 10.6 Å². The van der Waals surface area contributed by atoms with Crippen LogP contribution in [0.5, 0.6) is 0 Å². The first-order chi connectivity index (χ1) is 12.5. The lowest BCUT2D eigenvalue weighted by Crippen LogP contribution is -2.30. The Morgan fingerprint density at radius 2 is 1.50 bits per heavy atom. The minimum absolute atomic E-state index is 0.111. The first kappa shape index (κ1) is 19.1. The Hall–Kier alpha value is -3.22. The fraction of sp³-hybridized carbons (Fsp3) is 0.211. The summed E-state index contributed by atoms with van der Waals surface area (Å²) >= 11 is 0. The van der Waals surface area contributed by atoms with Crippen molar-refractivity contribution in [3.63, 3.8) is 0 Å². The highest BCUT2D eigenvalue weighted by molar-refractivity contribution is 6.44. The first-order valence-corrected chi connectivity index (χ1v) is 8.16. The Morgan fingerprint density at radius 3 is 2.15 bits per heavy atom. The Bertz CT molecular complexity index is 808. The zero-order valence-corrected chi connectivity index (χ0v) is 14.3. The predicted molar refractivity (Wildman–Crippen MR) is 95.3 cm³/mol. The molecule has 0 aliphatic carbocycles. The SMILES string of the molecule is CCCCOC(=O)c1ccccc1NC(=O)C(=O)Nc1ccccc1F. The molecule has 2 aromatic carbocycles. The van der Waals surface area contributed by atoms with Crippen molar-refractivity contribution in [2.75, 3.05) is 17.2 Å². The first-order valence-electron chi connectivity index (χ1n) is 8.16. The Balaban J connectivity index is 2.05. The Morgan fingerprint density at radius 1 is 0.923 bits per heavy atom. The number of unbranched alkanes of at least 4 members (excludes halogenated alkanes) is 1. The van der Waals surface area contributed by atoms with Crippen molar-refractivity contribution in [2.24, 2.45) is 0 Å². The van der Waals surface area contributed by atoms with Gasteiger partial charge < -0.3 is 15.4 Å². The summed E-state index contributed by atoms with van der Waals surface area (Å²) in [5.41, 5.74) is 0.165. The number of hydrogen-bond donors (Lipinski definition) is 2. The van der Waals surface area contributed by atoms with E-state index in [1.54, 1.807) is 12.1 Å². The van der Waals surface area contributed by atoms with E-state index in [1.165, 1.54) is 30.3 Å². The van der Waals surface area contributed by atoms with E-state index in [4.69, 9.17) is 4.74 Å². The number of para-hydroxylation sites is 2. The number of nitrogens with one attached hydrogen (secondary N) is 2. The van der Waals surface area contributed by atoms with Crippen LogP contribution >= 0.6 is 0 Å². The van der Waals surface area contributed by atoms with Gasteiger partial charge in [-0.1, -0.05) is 37.6 Å². The second-order valence-electron chi connectivity index (χ2n) is 5.42. The summed E-state index contributed by atoms with van der Waals surface area (Å²) in [5, 5.41) is 4.53. The maximum Gasteiger partial charge on any atom is 0.340 e. The van der Waals surface area contributed by atoms with Gasteiger partial charge in [-0.25, -0.2) is 9.18 Å². The zero-order valence-electron chi connectivity index (χ0n) is 14.3. The van der Waals surface area contributed by atoms with Crippen LogP contribution in [0.3, 0.4) is 0 Å². The summed E-state index contributed by atoms with van der Waals surface area (Å²) in [6, 6.07) is 11.7. The van der Waals surface area contributed by atoms with Crippen molar-refractivity contribution < 1.29 is 23.5 Å². The van der Waals surface area contributed by atoms with E-state index in [-0.39, 0.29) is 23.5 Å². The molecule has 0 saturated carbocycles. The normalized spacial score (nSPS) is 10.1. The second-order valence-corrected chi connectivity index (χ2v) is 5.42. The molecule has 7 heteroatoms. The van der Waals surface area contributed by atoms with Gasteiger partial charge in [0.25, 0.3) is 0 Å². The summed E-state index contributed by atoms with van der Waals surface area (Å²) < 4.78 is 18.7. The average Bonchev–Trinajstić information content (AvgIpc) is 2.64. The average molecular weight is 358 g/mol. The van der Waals surface area contributed by atoms with E-state index in [2.05, 4.69) is 10.6 Å². The standard InChI is InChI=1S/C19H19FN2O4/c1-2-3-12-26-19(25)13-8-4-6-10-15(13)21-17(23)18(24)22-16-11-7-5-9-14(16)20/h4-11H,2-3,12H2,1H3,(H,21,23)(H,22,24). The molecule has 2 rings (SSSR count). The molecular weight excluding hydrogens is 339 g/mol. The number of hydrogen-bond acceptors (Lipinski definition) is 4. The molecule has 0 fully saturated rings. The Kier molecular flexibility index (Phi) is 6.84. The molecule has 6 nitrogen and oxygen atoms in total. The molecule has 2 amide bonds. The van der Waals surface area contributed by atoms with Crippen molar-refractivity contribution in [3.05, 3.63) is 59.9 Å². The number of amides is 2. The minimum Gasteiger partial charge on any atom is -0.462 e. The van der Waals surface area contributed by atoms with Crippen LogP contribution in [-0.4, -0.2) is 24.4 Å². The summed E-state index contributed by atoms with van der Waals surface area (Å²) in [6.07, 6.45) is 1.60. The second kappa shape index (κ2) is 9.31. The van der Waals surface area contributed by atoms with Gasteiger partial charge in [0, 0.05) is 0 Å². The van der Waals surface area contributed by atoms with Crippen molar-refractivity contribution in [1.82, 2.24) is 0 Å². The van der Waals surface area contributed by atoms with Crippen LogP contribution in [0.15, 0.2) is 48.5 Å². The zero-order chi connectivity index (χ0) is 18.9. The largest absolute Gasteiger partial charge is 0.462 e. The lowest BCUT2D eigenvalue weighted by Gasteiger charge is -2.11. The molecule has 0 bridgehead atoms. The summed E-state index contributed by atoms with van der Waals surface area (Å²) in [6.45, 7) is 2.24. The highest BCUT2D eigenvalue weighted by Crippen LogP contribution is 2.17. The molecule has 0 saturated heterocycles.